The Balaban J connectivity index is 2.13. The molecule has 1 atom stereocenters. The number of hydrogen-bond acceptors (Lipinski definition) is 4. The second-order valence-electron chi connectivity index (χ2n) is 5.85. The average Bonchev–Trinajstić information content (AvgIpc) is 3.09. The third-order valence-corrected chi connectivity index (χ3v) is 4.85. The maximum Gasteiger partial charge on any atom is 0.174 e. The number of thiocarbonyl (C=S) groups is 1. The highest BCUT2D eigenvalue weighted by Gasteiger charge is 2.21. The molecule has 0 aliphatic rings. The summed E-state index contributed by atoms with van der Waals surface area (Å²) in [4.78, 5) is 5.53. The predicted molar refractivity (Wildman–Crippen MR) is 107 cm³/mol. The molecule has 24 heavy (non-hydrogen) atoms. The molecule has 0 bridgehead atoms. The SMILES string of the molecule is CSc1cccc(NC(=S)N(CCN(C)C)C(C)c2ccco2)c1. The predicted octanol–water partition coefficient (Wildman–Crippen LogP) is 4.32. The van der Waals surface area contributed by atoms with Gasteiger partial charge in [0.15, 0.2) is 5.11 Å². The van der Waals surface area contributed by atoms with Gasteiger partial charge in [-0.2, -0.15) is 0 Å². The van der Waals surface area contributed by atoms with E-state index < -0.39 is 0 Å². The van der Waals surface area contributed by atoms with Crippen molar-refractivity contribution in [2.75, 3.05) is 38.8 Å². The molecule has 1 heterocycles. The van der Waals surface area contributed by atoms with Crippen molar-refractivity contribution in [2.24, 2.45) is 0 Å². The van der Waals surface area contributed by atoms with Crippen LogP contribution in [-0.2, 0) is 0 Å². The van der Waals surface area contributed by atoms with Crippen LogP contribution < -0.4 is 5.32 Å². The summed E-state index contributed by atoms with van der Waals surface area (Å²) < 4.78 is 5.57. The highest BCUT2D eigenvalue weighted by Crippen LogP contribution is 2.23. The molecular weight excluding hydrogens is 338 g/mol. The number of likely N-dealkylation sites (N-methyl/N-ethyl adjacent to an activating group) is 1. The van der Waals surface area contributed by atoms with Gasteiger partial charge >= 0.3 is 0 Å². The molecule has 0 radical (unpaired) electrons. The van der Waals surface area contributed by atoms with Crippen molar-refractivity contribution in [3.63, 3.8) is 0 Å². The Bertz CT molecular complexity index is 643. The zero-order valence-electron chi connectivity index (χ0n) is 14.7. The highest BCUT2D eigenvalue weighted by atomic mass is 32.2. The highest BCUT2D eigenvalue weighted by molar-refractivity contribution is 7.98. The molecule has 6 heteroatoms. The molecule has 1 N–H and O–H groups in total. The van der Waals surface area contributed by atoms with Gasteiger partial charge in [0.05, 0.1) is 12.3 Å². The van der Waals surface area contributed by atoms with Gasteiger partial charge in [-0.3, -0.25) is 0 Å². The van der Waals surface area contributed by atoms with Crippen LogP contribution in [0.4, 0.5) is 5.69 Å². The fraction of sp³-hybridized carbons (Fsp3) is 0.389. The van der Waals surface area contributed by atoms with E-state index in [0.717, 1.165) is 24.5 Å². The Morgan fingerprint density at radius 2 is 2.04 bits per heavy atom. The molecule has 0 amide bonds. The molecule has 0 fully saturated rings. The molecule has 0 saturated carbocycles. The summed E-state index contributed by atoms with van der Waals surface area (Å²) in [5, 5.41) is 4.07. The van der Waals surface area contributed by atoms with E-state index in [9.17, 15) is 0 Å². The van der Waals surface area contributed by atoms with Crippen LogP contribution in [0.5, 0.6) is 0 Å². The lowest BCUT2D eigenvalue weighted by molar-refractivity contribution is 0.263. The summed E-state index contributed by atoms with van der Waals surface area (Å²) in [6.07, 6.45) is 3.77. The topological polar surface area (TPSA) is 31.6 Å². The zero-order valence-corrected chi connectivity index (χ0v) is 16.3. The second-order valence-corrected chi connectivity index (χ2v) is 7.12. The molecule has 1 aromatic carbocycles. The molecular formula is C18H25N3OS2. The first-order chi connectivity index (χ1) is 11.5. The first-order valence-corrected chi connectivity index (χ1v) is 9.54. The Labute approximate surface area is 154 Å². The summed E-state index contributed by atoms with van der Waals surface area (Å²) in [7, 11) is 4.13. The van der Waals surface area contributed by atoms with Crippen LogP contribution in [0.1, 0.15) is 18.7 Å². The van der Waals surface area contributed by atoms with E-state index in [1.165, 1.54) is 4.90 Å². The number of benzene rings is 1. The van der Waals surface area contributed by atoms with Crippen LogP contribution >= 0.6 is 24.0 Å². The van der Waals surface area contributed by atoms with Gasteiger partial charge in [-0.15, -0.1) is 11.8 Å². The van der Waals surface area contributed by atoms with Crippen LogP contribution in [0.25, 0.3) is 0 Å². The van der Waals surface area contributed by atoms with Crippen LogP contribution in [0, 0.1) is 0 Å². The summed E-state index contributed by atoms with van der Waals surface area (Å²) in [5.41, 5.74) is 1.01. The van der Waals surface area contributed by atoms with Gasteiger partial charge in [-0.1, -0.05) is 6.07 Å². The Morgan fingerprint density at radius 1 is 1.25 bits per heavy atom. The zero-order chi connectivity index (χ0) is 17.5. The number of nitrogens with one attached hydrogen (secondary N) is 1. The van der Waals surface area contributed by atoms with Crippen LogP contribution in [-0.4, -0.2) is 48.4 Å². The molecule has 0 spiro atoms. The average molecular weight is 364 g/mol. The van der Waals surface area contributed by atoms with Gasteiger partial charge in [0.25, 0.3) is 0 Å². The third kappa shape index (κ3) is 5.26. The normalized spacial score (nSPS) is 12.2. The minimum absolute atomic E-state index is 0.0729. The number of furan rings is 1. The first-order valence-electron chi connectivity index (χ1n) is 7.91. The van der Waals surface area contributed by atoms with Gasteiger partial charge in [0, 0.05) is 23.7 Å². The first kappa shape index (κ1) is 18.8. The van der Waals surface area contributed by atoms with Gasteiger partial charge < -0.3 is 19.5 Å². The maximum absolute atomic E-state index is 5.69. The molecule has 0 saturated heterocycles. The molecule has 2 rings (SSSR count). The van der Waals surface area contributed by atoms with Crippen molar-refractivity contribution < 1.29 is 4.42 Å². The largest absolute Gasteiger partial charge is 0.467 e. The van der Waals surface area contributed by atoms with Crippen molar-refractivity contribution >= 4 is 34.8 Å². The fourth-order valence-electron chi connectivity index (χ4n) is 2.36. The Hall–Kier alpha value is -1.50. The molecule has 130 valence electrons. The smallest absolute Gasteiger partial charge is 0.174 e. The van der Waals surface area contributed by atoms with Crippen molar-refractivity contribution in [1.29, 1.82) is 0 Å². The quantitative estimate of drug-likeness (QED) is 0.582. The third-order valence-electron chi connectivity index (χ3n) is 3.79. The van der Waals surface area contributed by atoms with Crippen molar-refractivity contribution in [3.8, 4) is 0 Å². The van der Waals surface area contributed by atoms with E-state index in [2.05, 4.69) is 54.5 Å². The maximum atomic E-state index is 5.69. The second kappa shape index (κ2) is 9.11. The van der Waals surface area contributed by atoms with Gasteiger partial charge in [0.2, 0.25) is 0 Å². The number of thioether (sulfide) groups is 1. The Kier molecular flexibility index (Phi) is 7.15. The van der Waals surface area contributed by atoms with Crippen molar-refractivity contribution in [1.82, 2.24) is 9.80 Å². The number of hydrogen-bond donors (Lipinski definition) is 1. The van der Waals surface area contributed by atoms with Gasteiger partial charge in [-0.25, -0.2) is 0 Å². The monoisotopic (exact) mass is 363 g/mol. The molecule has 1 aromatic heterocycles. The standard InChI is InChI=1S/C18H25N3OS2/c1-14(17-9-6-12-22-17)21(11-10-20(2)3)18(23)19-15-7-5-8-16(13-15)24-4/h5-9,12-14H,10-11H2,1-4H3,(H,19,23). The molecule has 0 aliphatic carbocycles. The van der Waals surface area contributed by atoms with Gasteiger partial charge in [-0.05, 0) is 69.8 Å². The lowest BCUT2D eigenvalue weighted by Crippen LogP contribution is -2.40. The summed E-state index contributed by atoms with van der Waals surface area (Å²) >= 11 is 7.41. The van der Waals surface area contributed by atoms with Gasteiger partial charge in [0.1, 0.15) is 5.76 Å². The van der Waals surface area contributed by atoms with E-state index in [4.69, 9.17) is 16.6 Å². The summed E-state index contributed by atoms with van der Waals surface area (Å²) in [5.74, 6) is 0.913. The number of rotatable bonds is 7. The van der Waals surface area contributed by atoms with Crippen LogP contribution in [0.3, 0.4) is 0 Å². The Morgan fingerprint density at radius 3 is 2.67 bits per heavy atom. The molecule has 1 unspecified atom stereocenters. The van der Waals surface area contributed by atoms with Crippen LogP contribution in [0.15, 0.2) is 52.0 Å². The summed E-state index contributed by atoms with van der Waals surface area (Å²) in [6, 6.07) is 12.2. The van der Waals surface area contributed by atoms with E-state index >= 15 is 0 Å². The molecule has 4 nitrogen and oxygen atoms in total. The van der Waals surface area contributed by atoms with E-state index in [0.29, 0.717) is 5.11 Å². The van der Waals surface area contributed by atoms with E-state index in [1.807, 2.05) is 24.3 Å². The van der Waals surface area contributed by atoms with Crippen molar-refractivity contribution in [2.45, 2.75) is 17.9 Å². The lowest BCUT2D eigenvalue weighted by Gasteiger charge is -2.31. The number of anilines is 1. The van der Waals surface area contributed by atoms with Crippen molar-refractivity contribution in [3.05, 3.63) is 48.4 Å². The fourth-order valence-corrected chi connectivity index (χ4v) is 3.18. The lowest BCUT2D eigenvalue weighted by atomic mass is 10.2. The minimum Gasteiger partial charge on any atom is -0.467 e. The summed E-state index contributed by atoms with van der Waals surface area (Å²) in [6.45, 7) is 3.85. The van der Waals surface area contributed by atoms with E-state index in [-0.39, 0.29) is 6.04 Å². The minimum atomic E-state index is 0.0729. The number of nitrogens with zero attached hydrogens (tertiary/aromatic N) is 2. The van der Waals surface area contributed by atoms with E-state index in [1.54, 1.807) is 18.0 Å². The molecule has 2 aromatic rings. The van der Waals surface area contributed by atoms with Crippen LogP contribution in [0.2, 0.25) is 0 Å². The molecule has 0 aliphatic heterocycles.